The molecular weight excluding hydrogens is 274 g/mol. The first-order valence-corrected chi connectivity index (χ1v) is 7.89. The van der Waals surface area contributed by atoms with Crippen LogP contribution in [0.3, 0.4) is 0 Å². The number of carboxylic acid groups (broad SMARTS) is 1. The number of hydrogen-bond acceptors (Lipinski definition) is 3. The van der Waals surface area contributed by atoms with Gasteiger partial charge in [0.05, 0.1) is 5.75 Å². The van der Waals surface area contributed by atoms with Gasteiger partial charge < -0.3 is 10.4 Å². The molecule has 1 aliphatic rings. The Labute approximate surface area is 123 Å². The highest BCUT2D eigenvalue weighted by Gasteiger charge is 2.20. The lowest BCUT2D eigenvalue weighted by atomic mass is 9.88. The lowest BCUT2D eigenvalue weighted by molar-refractivity contribution is -0.133. The summed E-state index contributed by atoms with van der Waals surface area (Å²) in [5.41, 5.74) is 0.778. The zero-order valence-corrected chi connectivity index (χ0v) is 12.1. The van der Waals surface area contributed by atoms with E-state index in [1.807, 2.05) is 24.3 Å². The Morgan fingerprint density at radius 2 is 1.80 bits per heavy atom. The normalized spacial score (nSPS) is 15.8. The standard InChI is InChI=1S/C15H19NO3S/c17-14(18)10-20-13-8-6-12(7-9-13)16-15(19)11-4-2-1-3-5-11/h6-9,11H,1-5,10H2,(H,16,19)(H,17,18). The predicted octanol–water partition coefficient (Wildman–Crippen LogP) is 3.38. The second kappa shape index (κ2) is 7.33. The van der Waals surface area contributed by atoms with Crippen LogP contribution in [-0.2, 0) is 9.59 Å². The first kappa shape index (κ1) is 14.9. The summed E-state index contributed by atoms with van der Waals surface area (Å²) in [6.45, 7) is 0. The Morgan fingerprint density at radius 3 is 2.40 bits per heavy atom. The van der Waals surface area contributed by atoms with Crippen LogP contribution < -0.4 is 5.32 Å². The summed E-state index contributed by atoms with van der Waals surface area (Å²) in [6.07, 6.45) is 5.49. The third kappa shape index (κ3) is 4.56. The molecule has 0 atom stereocenters. The van der Waals surface area contributed by atoms with Crippen molar-refractivity contribution in [1.82, 2.24) is 0 Å². The van der Waals surface area contributed by atoms with Crippen molar-refractivity contribution in [2.24, 2.45) is 5.92 Å². The third-order valence-electron chi connectivity index (χ3n) is 3.46. The molecule has 1 aromatic carbocycles. The first-order valence-electron chi connectivity index (χ1n) is 6.90. The van der Waals surface area contributed by atoms with Crippen LogP contribution in [0.25, 0.3) is 0 Å². The fourth-order valence-corrected chi connectivity index (χ4v) is 3.01. The summed E-state index contributed by atoms with van der Waals surface area (Å²) in [5.74, 6) is -0.529. The molecule has 2 N–H and O–H groups in total. The zero-order chi connectivity index (χ0) is 14.4. The van der Waals surface area contributed by atoms with Gasteiger partial charge in [-0.2, -0.15) is 0 Å². The summed E-state index contributed by atoms with van der Waals surface area (Å²) in [6, 6.07) is 7.32. The number of aliphatic carboxylic acids is 1. The third-order valence-corrected chi connectivity index (χ3v) is 4.46. The highest BCUT2D eigenvalue weighted by molar-refractivity contribution is 8.00. The van der Waals surface area contributed by atoms with Crippen LogP contribution >= 0.6 is 11.8 Å². The maximum Gasteiger partial charge on any atom is 0.313 e. The number of carbonyl (C=O) groups is 2. The molecule has 1 aliphatic carbocycles. The van der Waals surface area contributed by atoms with Crippen molar-refractivity contribution in [3.8, 4) is 0 Å². The van der Waals surface area contributed by atoms with E-state index < -0.39 is 5.97 Å². The van der Waals surface area contributed by atoms with Crippen LogP contribution in [-0.4, -0.2) is 22.7 Å². The van der Waals surface area contributed by atoms with E-state index in [2.05, 4.69) is 5.32 Å². The number of benzene rings is 1. The summed E-state index contributed by atoms with van der Waals surface area (Å²) in [7, 11) is 0. The molecular formula is C15H19NO3S. The average molecular weight is 293 g/mol. The Morgan fingerprint density at radius 1 is 1.15 bits per heavy atom. The fraction of sp³-hybridized carbons (Fsp3) is 0.467. The minimum Gasteiger partial charge on any atom is -0.481 e. The molecule has 4 nitrogen and oxygen atoms in total. The fourth-order valence-electron chi connectivity index (χ4n) is 2.39. The van der Waals surface area contributed by atoms with Crippen molar-refractivity contribution in [2.75, 3.05) is 11.1 Å². The molecule has 0 unspecified atom stereocenters. The van der Waals surface area contributed by atoms with E-state index in [0.29, 0.717) is 0 Å². The molecule has 5 heteroatoms. The average Bonchev–Trinajstić information content (AvgIpc) is 2.47. The van der Waals surface area contributed by atoms with E-state index in [1.54, 1.807) is 0 Å². The topological polar surface area (TPSA) is 66.4 Å². The Balaban J connectivity index is 1.86. The molecule has 0 aromatic heterocycles. The van der Waals surface area contributed by atoms with Gasteiger partial charge in [-0.15, -0.1) is 11.8 Å². The molecule has 20 heavy (non-hydrogen) atoms. The SMILES string of the molecule is O=C(O)CSc1ccc(NC(=O)C2CCCCC2)cc1. The largest absolute Gasteiger partial charge is 0.481 e. The summed E-state index contributed by atoms with van der Waals surface area (Å²) in [5, 5.41) is 11.6. The quantitative estimate of drug-likeness (QED) is 0.817. The van der Waals surface area contributed by atoms with Crippen LogP contribution in [0.4, 0.5) is 5.69 Å². The molecule has 0 heterocycles. The number of hydrogen-bond donors (Lipinski definition) is 2. The number of nitrogens with one attached hydrogen (secondary N) is 1. The molecule has 1 aromatic rings. The van der Waals surface area contributed by atoms with E-state index in [9.17, 15) is 9.59 Å². The minimum atomic E-state index is -0.829. The van der Waals surface area contributed by atoms with E-state index in [1.165, 1.54) is 18.2 Å². The number of carboxylic acids is 1. The van der Waals surface area contributed by atoms with Crippen molar-refractivity contribution < 1.29 is 14.7 Å². The summed E-state index contributed by atoms with van der Waals surface area (Å²) < 4.78 is 0. The van der Waals surface area contributed by atoms with Gasteiger partial charge in [0.15, 0.2) is 0 Å². The second-order valence-corrected chi connectivity index (χ2v) is 6.08. The highest BCUT2D eigenvalue weighted by atomic mass is 32.2. The minimum absolute atomic E-state index is 0.0494. The van der Waals surface area contributed by atoms with E-state index in [0.717, 1.165) is 36.3 Å². The van der Waals surface area contributed by atoms with Crippen molar-refractivity contribution >= 4 is 29.3 Å². The lowest BCUT2D eigenvalue weighted by Gasteiger charge is -2.20. The second-order valence-electron chi connectivity index (χ2n) is 5.03. The smallest absolute Gasteiger partial charge is 0.313 e. The monoisotopic (exact) mass is 293 g/mol. The van der Waals surface area contributed by atoms with Crippen LogP contribution in [0.5, 0.6) is 0 Å². The Kier molecular flexibility index (Phi) is 5.47. The van der Waals surface area contributed by atoms with Crippen molar-refractivity contribution in [1.29, 1.82) is 0 Å². The van der Waals surface area contributed by atoms with Gasteiger partial charge in [-0.05, 0) is 37.1 Å². The molecule has 0 spiro atoms. The highest BCUT2D eigenvalue weighted by Crippen LogP contribution is 2.25. The van der Waals surface area contributed by atoms with Gasteiger partial charge in [0, 0.05) is 16.5 Å². The number of thioether (sulfide) groups is 1. The summed E-state index contributed by atoms with van der Waals surface area (Å²) >= 11 is 1.27. The molecule has 1 amide bonds. The molecule has 2 rings (SSSR count). The van der Waals surface area contributed by atoms with E-state index in [4.69, 9.17) is 5.11 Å². The first-order chi connectivity index (χ1) is 9.65. The Bertz CT molecular complexity index is 467. The zero-order valence-electron chi connectivity index (χ0n) is 11.3. The van der Waals surface area contributed by atoms with Crippen LogP contribution in [0.2, 0.25) is 0 Å². The van der Waals surface area contributed by atoms with Gasteiger partial charge in [-0.1, -0.05) is 19.3 Å². The number of amides is 1. The summed E-state index contributed by atoms with van der Waals surface area (Å²) in [4.78, 5) is 23.4. The number of anilines is 1. The lowest BCUT2D eigenvalue weighted by Crippen LogP contribution is -2.24. The number of carbonyl (C=O) groups excluding carboxylic acids is 1. The predicted molar refractivity (Wildman–Crippen MR) is 80.0 cm³/mol. The Hall–Kier alpha value is -1.49. The van der Waals surface area contributed by atoms with Crippen molar-refractivity contribution in [3.05, 3.63) is 24.3 Å². The van der Waals surface area contributed by atoms with Crippen LogP contribution in [0.15, 0.2) is 29.2 Å². The van der Waals surface area contributed by atoms with Gasteiger partial charge in [-0.25, -0.2) is 0 Å². The number of rotatable bonds is 5. The molecule has 0 aliphatic heterocycles. The van der Waals surface area contributed by atoms with Gasteiger partial charge in [0.25, 0.3) is 0 Å². The van der Waals surface area contributed by atoms with E-state index in [-0.39, 0.29) is 17.6 Å². The van der Waals surface area contributed by atoms with Crippen LogP contribution in [0, 0.1) is 5.92 Å². The van der Waals surface area contributed by atoms with Crippen molar-refractivity contribution in [3.63, 3.8) is 0 Å². The molecule has 108 valence electrons. The molecule has 0 radical (unpaired) electrons. The van der Waals surface area contributed by atoms with Gasteiger partial charge in [-0.3, -0.25) is 9.59 Å². The molecule has 0 bridgehead atoms. The van der Waals surface area contributed by atoms with Gasteiger partial charge >= 0.3 is 5.97 Å². The van der Waals surface area contributed by atoms with Crippen molar-refractivity contribution in [2.45, 2.75) is 37.0 Å². The molecule has 1 saturated carbocycles. The molecule has 0 saturated heterocycles. The van der Waals surface area contributed by atoms with E-state index >= 15 is 0 Å². The maximum absolute atomic E-state index is 12.1. The van der Waals surface area contributed by atoms with Gasteiger partial charge in [0.1, 0.15) is 0 Å². The van der Waals surface area contributed by atoms with Crippen LogP contribution in [0.1, 0.15) is 32.1 Å². The van der Waals surface area contributed by atoms with Gasteiger partial charge in [0.2, 0.25) is 5.91 Å². The maximum atomic E-state index is 12.1. The molecule has 1 fully saturated rings.